The minimum Gasteiger partial charge on any atom is -0.341 e. The molecule has 0 aliphatic carbocycles. The quantitative estimate of drug-likeness (QED) is 0.846. The molecule has 0 aromatic carbocycles. The number of hydrogen-bond donors (Lipinski definition) is 1. The van der Waals surface area contributed by atoms with Crippen molar-refractivity contribution in [3.63, 3.8) is 0 Å². The van der Waals surface area contributed by atoms with Crippen LogP contribution in [0.15, 0.2) is 12.4 Å². The van der Waals surface area contributed by atoms with Gasteiger partial charge in [-0.3, -0.25) is 14.4 Å². The van der Waals surface area contributed by atoms with Gasteiger partial charge in [-0.2, -0.15) is 5.10 Å². The molecule has 1 aromatic rings. The molecule has 3 heterocycles. The second-order valence-electron chi connectivity index (χ2n) is 7.64. The van der Waals surface area contributed by atoms with Gasteiger partial charge in [-0.1, -0.05) is 6.92 Å². The average molecular weight is 384 g/mol. The Labute approximate surface area is 163 Å². The Hall–Kier alpha value is -1.11. The summed E-state index contributed by atoms with van der Waals surface area (Å²) in [5.74, 6) is 0.598. The van der Waals surface area contributed by atoms with Gasteiger partial charge >= 0.3 is 0 Å². The van der Waals surface area contributed by atoms with Crippen LogP contribution in [-0.2, 0) is 17.9 Å². The highest BCUT2D eigenvalue weighted by molar-refractivity contribution is 5.85. The zero-order chi connectivity index (χ0) is 17.6. The van der Waals surface area contributed by atoms with Gasteiger partial charge in [0.1, 0.15) is 0 Å². The zero-order valence-electron chi connectivity index (χ0n) is 16.2. The van der Waals surface area contributed by atoms with Crippen LogP contribution < -0.4 is 5.32 Å². The summed E-state index contributed by atoms with van der Waals surface area (Å²) in [5.41, 5.74) is 1.28. The molecule has 2 aliphatic rings. The van der Waals surface area contributed by atoms with Crippen molar-refractivity contribution in [2.45, 2.75) is 58.7 Å². The van der Waals surface area contributed by atoms with E-state index in [2.05, 4.69) is 40.3 Å². The van der Waals surface area contributed by atoms with Crippen molar-refractivity contribution in [1.82, 2.24) is 24.9 Å². The van der Waals surface area contributed by atoms with Crippen LogP contribution in [0.4, 0.5) is 0 Å². The Morgan fingerprint density at radius 3 is 2.92 bits per heavy atom. The normalized spacial score (nSPS) is 24.8. The third-order valence-electron chi connectivity index (χ3n) is 5.42. The lowest BCUT2D eigenvalue weighted by Crippen LogP contribution is -2.45. The molecule has 0 saturated carbocycles. The molecular weight excluding hydrogens is 350 g/mol. The van der Waals surface area contributed by atoms with Crippen molar-refractivity contribution in [3.05, 3.63) is 18.0 Å². The fourth-order valence-electron chi connectivity index (χ4n) is 4.06. The van der Waals surface area contributed by atoms with Crippen molar-refractivity contribution in [2.24, 2.45) is 5.92 Å². The molecule has 6 nitrogen and oxygen atoms in total. The van der Waals surface area contributed by atoms with Crippen LogP contribution in [0, 0.1) is 5.92 Å². The minimum absolute atomic E-state index is 0. The maximum Gasteiger partial charge on any atom is 0.225 e. The molecule has 1 aromatic heterocycles. The number of carbonyl (C=O) groups excluding carboxylic acids is 1. The van der Waals surface area contributed by atoms with Crippen LogP contribution in [0.5, 0.6) is 0 Å². The molecule has 3 rings (SSSR count). The fourth-order valence-corrected chi connectivity index (χ4v) is 4.06. The Bertz CT molecular complexity index is 564. The summed E-state index contributed by atoms with van der Waals surface area (Å²) in [6, 6.07) is 0.464. The van der Waals surface area contributed by atoms with E-state index in [1.54, 1.807) is 0 Å². The van der Waals surface area contributed by atoms with E-state index in [0.717, 1.165) is 71.5 Å². The van der Waals surface area contributed by atoms with Crippen LogP contribution in [0.25, 0.3) is 0 Å². The van der Waals surface area contributed by atoms with Crippen molar-refractivity contribution in [3.8, 4) is 0 Å². The highest BCUT2D eigenvalue weighted by Crippen LogP contribution is 2.20. The molecule has 0 spiro atoms. The van der Waals surface area contributed by atoms with Gasteiger partial charge in [-0.25, -0.2) is 0 Å². The molecule has 7 heteroatoms. The Morgan fingerprint density at radius 2 is 2.15 bits per heavy atom. The van der Waals surface area contributed by atoms with E-state index in [4.69, 9.17) is 0 Å². The number of hydrogen-bond acceptors (Lipinski definition) is 4. The lowest BCUT2D eigenvalue weighted by atomic mass is 9.92. The monoisotopic (exact) mass is 383 g/mol. The Balaban J connectivity index is 0.00000243. The molecule has 0 bridgehead atoms. The molecule has 1 N–H and O–H groups in total. The van der Waals surface area contributed by atoms with E-state index in [-0.39, 0.29) is 18.3 Å². The standard InChI is InChI=1S/C19H33N5O.ClH/c1-3-7-24-15-17(13-21-24)14-22-8-4-9-23(11-10-22)19(25)18-5-6-20-16(2)12-18;/h13,15-16,18,20H,3-12,14H2,1-2H3;1H/t16-,18-;/m0./s1. The maximum atomic E-state index is 12.9. The second-order valence-corrected chi connectivity index (χ2v) is 7.64. The van der Waals surface area contributed by atoms with Crippen LogP contribution in [0.1, 0.15) is 45.1 Å². The van der Waals surface area contributed by atoms with Crippen LogP contribution >= 0.6 is 12.4 Å². The topological polar surface area (TPSA) is 53.4 Å². The van der Waals surface area contributed by atoms with E-state index in [9.17, 15) is 4.79 Å². The van der Waals surface area contributed by atoms with E-state index < -0.39 is 0 Å². The molecule has 2 saturated heterocycles. The molecular formula is C19H34ClN5O. The Kier molecular flexibility index (Phi) is 8.38. The third kappa shape index (κ3) is 5.69. The molecule has 1 amide bonds. The second kappa shape index (κ2) is 10.3. The van der Waals surface area contributed by atoms with Gasteiger partial charge in [-0.05, 0) is 39.2 Å². The summed E-state index contributed by atoms with van der Waals surface area (Å²) < 4.78 is 2.03. The van der Waals surface area contributed by atoms with Gasteiger partial charge in [0.15, 0.2) is 0 Å². The maximum absolute atomic E-state index is 12.9. The van der Waals surface area contributed by atoms with Crippen molar-refractivity contribution in [2.75, 3.05) is 32.7 Å². The number of nitrogens with zero attached hydrogens (tertiary/aromatic N) is 4. The van der Waals surface area contributed by atoms with Crippen LogP contribution in [0.2, 0.25) is 0 Å². The first-order valence-electron chi connectivity index (χ1n) is 9.91. The third-order valence-corrected chi connectivity index (χ3v) is 5.42. The number of aromatic nitrogens is 2. The molecule has 0 unspecified atom stereocenters. The fraction of sp³-hybridized carbons (Fsp3) is 0.789. The summed E-state index contributed by atoms with van der Waals surface area (Å²) in [6.45, 7) is 11.0. The molecule has 148 valence electrons. The van der Waals surface area contributed by atoms with Crippen molar-refractivity contribution in [1.29, 1.82) is 0 Å². The van der Waals surface area contributed by atoms with Crippen LogP contribution in [-0.4, -0.2) is 64.3 Å². The number of nitrogens with one attached hydrogen (secondary N) is 1. The smallest absolute Gasteiger partial charge is 0.225 e. The summed E-state index contributed by atoms with van der Waals surface area (Å²) >= 11 is 0. The van der Waals surface area contributed by atoms with E-state index >= 15 is 0 Å². The lowest BCUT2D eigenvalue weighted by Gasteiger charge is -2.31. The average Bonchev–Trinajstić information content (AvgIpc) is 2.90. The summed E-state index contributed by atoms with van der Waals surface area (Å²) in [7, 11) is 0. The summed E-state index contributed by atoms with van der Waals surface area (Å²) in [5, 5.41) is 7.87. The SMILES string of the molecule is CCCn1cc(CN2CCCN(C(=O)[C@H]3CCN[C@@H](C)C3)CC2)cn1.Cl. The number of aryl methyl sites for hydroxylation is 1. The van der Waals surface area contributed by atoms with Crippen molar-refractivity contribution < 1.29 is 4.79 Å². The number of halogens is 1. The largest absolute Gasteiger partial charge is 0.341 e. The first-order chi connectivity index (χ1) is 12.2. The molecule has 26 heavy (non-hydrogen) atoms. The number of rotatable bonds is 5. The van der Waals surface area contributed by atoms with Gasteiger partial charge < -0.3 is 10.2 Å². The first-order valence-corrected chi connectivity index (χ1v) is 9.91. The number of piperidine rings is 1. The minimum atomic E-state index is 0. The zero-order valence-corrected chi connectivity index (χ0v) is 17.0. The predicted octanol–water partition coefficient (Wildman–Crippen LogP) is 2.14. The lowest BCUT2D eigenvalue weighted by molar-refractivity contribution is -0.136. The molecule has 2 atom stereocenters. The van der Waals surface area contributed by atoms with Gasteiger partial charge in [0, 0.05) is 63.0 Å². The molecule has 0 radical (unpaired) electrons. The highest BCUT2D eigenvalue weighted by atomic mass is 35.5. The van der Waals surface area contributed by atoms with Crippen molar-refractivity contribution >= 4 is 18.3 Å². The van der Waals surface area contributed by atoms with Gasteiger partial charge in [0.05, 0.1) is 6.20 Å². The van der Waals surface area contributed by atoms with E-state index in [1.807, 2.05) is 10.9 Å². The number of carbonyl (C=O) groups is 1. The van der Waals surface area contributed by atoms with Gasteiger partial charge in [0.2, 0.25) is 5.91 Å². The number of amides is 1. The summed E-state index contributed by atoms with van der Waals surface area (Å²) in [6.07, 6.45) is 8.29. The Morgan fingerprint density at radius 1 is 1.31 bits per heavy atom. The predicted molar refractivity (Wildman–Crippen MR) is 106 cm³/mol. The van der Waals surface area contributed by atoms with Gasteiger partial charge in [0.25, 0.3) is 0 Å². The van der Waals surface area contributed by atoms with Gasteiger partial charge in [-0.15, -0.1) is 12.4 Å². The molecule has 2 aliphatic heterocycles. The first kappa shape index (κ1) is 21.2. The highest BCUT2D eigenvalue weighted by Gasteiger charge is 2.29. The van der Waals surface area contributed by atoms with E-state index in [1.165, 1.54) is 5.56 Å². The molecule has 2 fully saturated rings. The summed E-state index contributed by atoms with van der Waals surface area (Å²) in [4.78, 5) is 17.4. The van der Waals surface area contributed by atoms with Crippen LogP contribution in [0.3, 0.4) is 0 Å². The van der Waals surface area contributed by atoms with E-state index in [0.29, 0.717) is 11.9 Å².